The highest BCUT2D eigenvalue weighted by atomic mass is 16.5. The van der Waals surface area contributed by atoms with E-state index < -0.39 is 0 Å². The summed E-state index contributed by atoms with van der Waals surface area (Å²) in [6.45, 7) is 7.16. The lowest BCUT2D eigenvalue weighted by Gasteiger charge is -2.25. The van der Waals surface area contributed by atoms with Crippen molar-refractivity contribution < 1.29 is 4.74 Å². The first kappa shape index (κ1) is 13.2. The minimum Gasteiger partial charge on any atom is -0.379 e. The molecule has 1 aliphatic heterocycles. The van der Waals surface area contributed by atoms with Crippen LogP contribution in [0.25, 0.3) is 0 Å². The Kier molecular flexibility index (Phi) is 5.36. The lowest BCUT2D eigenvalue weighted by molar-refractivity contribution is 0.0434. The lowest BCUT2D eigenvalue weighted by atomic mass is 9.99. The molecular formula is C15H22N2O. The smallest absolute Gasteiger partial charge is 0.0594 e. The van der Waals surface area contributed by atoms with Crippen molar-refractivity contribution in [3.05, 3.63) is 42.2 Å². The predicted octanol–water partition coefficient (Wildman–Crippen LogP) is 2.46. The van der Waals surface area contributed by atoms with Crippen LogP contribution in [0.1, 0.15) is 24.8 Å². The van der Waals surface area contributed by atoms with Crippen LogP contribution in [0.2, 0.25) is 0 Å². The molecule has 2 heterocycles. The molecule has 1 aromatic rings. The van der Waals surface area contributed by atoms with E-state index in [4.69, 9.17) is 4.74 Å². The third-order valence-electron chi connectivity index (χ3n) is 3.38. The number of hydrogen-bond donors (Lipinski definition) is 0. The van der Waals surface area contributed by atoms with Crippen molar-refractivity contribution >= 4 is 0 Å². The topological polar surface area (TPSA) is 25.4 Å². The van der Waals surface area contributed by atoms with Gasteiger partial charge in [0.2, 0.25) is 0 Å². The molecule has 1 unspecified atom stereocenters. The van der Waals surface area contributed by atoms with E-state index in [1.165, 1.54) is 5.56 Å². The molecule has 1 atom stereocenters. The van der Waals surface area contributed by atoms with Crippen molar-refractivity contribution in [1.29, 1.82) is 0 Å². The fraction of sp³-hybridized carbons (Fsp3) is 0.533. The zero-order valence-electron chi connectivity index (χ0n) is 11.1. The summed E-state index contributed by atoms with van der Waals surface area (Å²) in [6, 6.07) is 4.15. The van der Waals surface area contributed by atoms with Gasteiger partial charge < -0.3 is 4.74 Å². The number of nitrogens with zero attached hydrogens (tertiary/aromatic N) is 2. The molecule has 2 rings (SSSR count). The molecule has 0 aliphatic carbocycles. The quantitative estimate of drug-likeness (QED) is 0.746. The Balaban J connectivity index is 1.70. The van der Waals surface area contributed by atoms with Crippen molar-refractivity contribution in [2.75, 3.05) is 32.8 Å². The molecule has 0 aromatic carbocycles. The van der Waals surface area contributed by atoms with E-state index >= 15 is 0 Å². The van der Waals surface area contributed by atoms with Crippen molar-refractivity contribution in [3.63, 3.8) is 0 Å². The highest BCUT2D eigenvalue weighted by molar-refractivity contribution is 5.14. The molecule has 0 saturated carbocycles. The Morgan fingerprint density at radius 1 is 1.39 bits per heavy atom. The second-order valence-electron chi connectivity index (χ2n) is 4.81. The zero-order chi connectivity index (χ0) is 12.6. The number of ether oxygens (including phenoxy) is 1. The molecule has 0 N–H and O–H groups in total. The highest BCUT2D eigenvalue weighted by Crippen LogP contribution is 2.17. The molecular weight excluding hydrogens is 224 g/mol. The van der Waals surface area contributed by atoms with Gasteiger partial charge in [-0.3, -0.25) is 9.88 Å². The average Bonchev–Trinajstić information content (AvgIpc) is 2.45. The molecule has 0 amide bonds. The minimum atomic E-state index is 0.541. The molecule has 0 bridgehead atoms. The lowest BCUT2D eigenvalue weighted by Crippen LogP contribution is -2.36. The summed E-state index contributed by atoms with van der Waals surface area (Å²) < 4.78 is 5.33. The van der Waals surface area contributed by atoms with Gasteiger partial charge in [-0.05, 0) is 24.0 Å². The molecule has 3 nitrogen and oxygen atoms in total. The molecule has 98 valence electrons. The standard InChI is InChI=1S/C15H22N2O/c1-14(15-6-4-7-16-13-15)5-2-3-8-17-9-11-18-12-10-17/h2-4,6-7,13-14H,5,8-12H2,1H3/b3-2+. The van der Waals surface area contributed by atoms with Gasteiger partial charge in [0.05, 0.1) is 13.2 Å². The molecule has 0 radical (unpaired) electrons. The fourth-order valence-electron chi connectivity index (χ4n) is 2.11. The van der Waals surface area contributed by atoms with Crippen molar-refractivity contribution in [2.45, 2.75) is 19.3 Å². The molecule has 3 heteroatoms. The first-order valence-corrected chi connectivity index (χ1v) is 6.71. The van der Waals surface area contributed by atoms with Crippen LogP contribution in [-0.2, 0) is 4.74 Å². The summed E-state index contributed by atoms with van der Waals surface area (Å²) in [6.07, 6.45) is 9.42. The third kappa shape index (κ3) is 4.24. The van der Waals surface area contributed by atoms with Crippen LogP contribution in [0.3, 0.4) is 0 Å². The first-order valence-electron chi connectivity index (χ1n) is 6.71. The van der Waals surface area contributed by atoms with Crippen LogP contribution in [0.4, 0.5) is 0 Å². The number of aromatic nitrogens is 1. The SMILES string of the molecule is CC(C/C=C/CN1CCOCC1)c1cccnc1. The van der Waals surface area contributed by atoms with Gasteiger partial charge >= 0.3 is 0 Å². The molecule has 1 saturated heterocycles. The van der Waals surface area contributed by atoms with E-state index in [2.05, 4.69) is 35.0 Å². The maximum Gasteiger partial charge on any atom is 0.0594 e. The van der Waals surface area contributed by atoms with Crippen LogP contribution in [0, 0.1) is 0 Å². The monoisotopic (exact) mass is 246 g/mol. The Hall–Kier alpha value is -1.19. The minimum absolute atomic E-state index is 0.541. The highest BCUT2D eigenvalue weighted by Gasteiger charge is 2.07. The summed E-state index contributed by atoms with van der Waals surface area (Å²) in [5.74, 6) is 0.541. The summed E-state index contributed by atoms with van der Waals surface area (Å²) in [5.41, 5.74) is 1.31. The molecule has 0 spiro atoms. The Morgan fingerprint density at radius 2 is 2.22 bits per heavy atom. The van der Waals surface area contributed by atoms with Gasteiger partial charge in [0.25, 0.3) is 0 Å². The third-order valence-corrected chi connectivity index (χ3v) is 3.38. The summed E-state index contributed by atoms with van der Waals surface area (Å²) >= 11 is 0. The van der Waals surface area contributed by atoms with Gasteiger partial charge in [-0.2, -0.15) is 0 Å². The van der Waals surface area contributed by atoms with Crippen molar-refractivity contribution in [1.82, 2.24) is 9.88 Å². The first-order chi connectivity index (χ1) is 8.86. The number of pyridine rings is 1. The van der Waals surface area contributed by atoms with Crippen LogP contribution < -0.4 is 0 Å². The normalized spacial score (nSPS) is 19.2. The van der Waals surface area contributed by atoms with Crippen molar-refractivity contribution in [3.8, 4) is 0 Å². The van der Waals surface area contributed by atoms with Crippen LogP contribution in [0.5, 0.6) is 0 Å². The van der Waals surface area contributed by atoms with Gasteiger partial charge in [-0.15, -0.1) is 0 Å². The van der Waals surface area contributed by atoms with E-state index in [-0.39, 0.29) is 0 Å². The summed E-state index contributed by atoms with van der Waals surface area (Å²) in [7, 11) is 0. The van der Waals surface area contributed by atoms with Gasteiger partial charge in [-0.1, -0.05) is 25.1 Å². The maximum absolute atomic E-state index is 5.33. The number of rotatable bonds is 5. The van der Waals surface area contributed by atoms with E-state index in [9.17, 15) is 0 Å². The predicted molar refractivity (Wildman–Crippen MR) is 73.7 cm³/mol. The summed E-state index contributed by atoms with van der Waals surface area (Å²) in [4.78, 5) is 6.59. The Bertz CT molecular complexity index is 358. The molecule has 1 fully saturated rings. The summed E-state index contributed by atoms with van der Waals surface area (Å²) in [5, 5.41) is 0. The molecule has 1 aromatic heterocycles. The van der Waals surface area contributed by atoms with Gasteiger partial charge in [0, 0.05) is 32.0 Å². The van der Waals surface area contributed by atoms with E-state index in [1.807, 2.05) is 18.5 Å². The second-order valence-corrected chi connectivity index (χ2v) is 4.81. The van der Waals surface area contributed by atoms with E-state index in [0.717, 1.165) is 39.3 Å². The van der Waals surface area contributed by atoms with Crippen LogP contribution >= 0.6 is 0 Å². The van der Waals surface area contributed by atoms with Crippen LogP contribution in [-0.4, -0.2) is 42.7 Å². The zero-order valence-corrected chi connectivity index (χ0v) is 11.1. The molecule has 1 aliphatic rings. The van der Waals surface area contributed by atoms with E-state index in [1.54, 1.807) is 0 Å². The van der Waals surface area contributed by atoms with Gasteiger partial charge in [-0.25, -0.2) is 0 Å². The number of allylic oxidation sites excluding steroid dienone is 1. The molecule has 18 heavy (non-hydrogen) atoms. The van der Waals surface area contributed by atoms with Gasteiger partial charge in [0.1, 0.15) is 0 Å². The fourth-order valence-corrected chi connectivity index (χ4v) is 2.11. The number of morpholine rings is 1. The largest absolute Gasteiger partial charge is 0.379 e. The second kappa shape index (κ2) is 7.29. The van der Waals surface area contributed by atoms with Crippen molar-refractivity contribution in [2.24, 2.45) is 0 Å². The van der Waals surface area contributed by atoms with Gasteiger partial charge in [0.15, 0.2) is 0 Å². The van der Waals surface area contributed by atoms with Crippen LogP contribution in [0.15, 0.2) is 36.7 Å². The number of hydrogen-bond acceptors (Lipinski definition) is 3. The Labute approximate surface area is 109 Å². The Morgan fingerprint density at radius 3 is 2.94 bits per heavy atom. The van der Waals surface area contributed by atoms with E-state index in [0.29, 0.717) is 5.92 Å². The average molecular weight is 246 g/mol. The maximum atomic E-state index is 5.33.